The molecule has 0 amide bonds. The summed E-state index contributed by atoms with van der Waals surface area (Å²) < 4.78 is 53.3. The summed E-state index contributed by atoms with van der Waals surface area (Å²) in [5, 5.41) is 3.26. The van der Waals surface area contributed by atoms with Crippen molar-refractivity contribution in [3.63, 3.8) is 0 Å². The van der Waals surface area contributed by atoms with Crippen LogP contribution < -0.4 is 5.32 Å². The Labute approximate surface area is 131 Å². The van der Waals surface area contributed by atoms with Crippen LogP contribution in [0.4, 0.5) is 13.2 Å². The highest BCUT2D eigenvalue weighted by molar-refractivity contribution is 7.89. The third kappa shape index (κ3) is 3.59. The Hall–Kier alpha value is -0.760. The fraction of sp³-hybridized carbons (Fsp3) is 0.600. The highest BCUT2D eigenvalue weighted by atomic mass is 32.2. The van der Waals surface area contributed by atoms with Gasteiger partial charge >= 0.3 is 6.18 Å². The van der Waals surface area contributed by atoms with Crippen LogP contribution in [0.3, 0.4) is 0 Å². The van der Waals surface area contributed by atoms with Crippen LogP contribution in [0, 0.1) is 0 Å². The molecule has 1 aliphatic carbocycles. The monoisotopic (exact) mass is 332 g/mol. The molecule has 2 fully saturated rings. The van der Waals surface area contributed by atoms with Crippen LogP contribution in [0.5, 0.6) is 0 Å². The Morgan fingerprint density at radius 1 is 1.09 bits per heavy atom. The van der Waals surface area contributed by atoms with Gasteiger partial charge in [-0.05, 0) is 50.9 Å². The summed E-state index contributed by atoms with van der Waals surface area (Å²) in [5.74, 6) is 0. The molecule has 22 heavy (non-hydrogen) atoms. The summed E-state index contributed by atoms with van der Waals surface area (Å²) in [7, 11) is 0. The van der Waals surface area contributed by atoms with Gasteiger partial charge in [0.1, 0.15) is 0 Å². The van der Waals surface area contributed by atoms with Crippen molar-refractivity contribution >= 4 is 11.4 Å². The molecule has 1 N–H and O–H groups in total. The molecule has 1 saturated heterocycles. The van der Waals surface area contributed by atoms with Gasteiger partial charge in [-0.1, -0.05) is 6.07 Å². The molecule has 1 unspecified atom stereocenters. The third-order valence-corrected chi connectivity index (χ3v) is 5.77. The lowest BCUT2D eigenvalue weighted by Crippen LogP contribution is -2.47. The second kappa shape index (κ2) is 6.39. The van der Waals surface area contributed by atoms with Gasteiger partial charge in [0.15, 0.2) is 4.90 Å². The maximum Gasteiger partial charge on any atom is 0.416 e. The van der Waals surface area contributed by atoms with E-state index in [1.54, 1.807) is 0 Å². The number of rotatable bonds is 4. The Bertz CT molecular complexity index is 516. The van der Waals surface area contributed by atoms with E-state index < -0.39 is 23.1 Å². The average molecular weight is 332 g/mol. The minimum absolute atomic E-state index is 0.184. The van der Waals surface area contributed by atoms with Gasteiger partial charge in [0.05, 0.1) is 29.0 Å². The summed E-state index contributed by atoms with van der Waals surface area (Å²) in [6, 6.07) is 5.34. The van der Waals surface area contributed by atoms with Crippen LogP contribution in [0.25, 0.3) is 0 Å². The quantitative estimate of drug-likeness (QED) is 0.862. The third-order valence-electron chi connectivity index (χ3n) is 4.13. The Kier molecular flexibility index (Phi) is 4.68. The van der Waals surface area contributed by atoms with E-state index in [4.69, 9.17) is 0 Å². The van der Waals surface area contributed by atoms with Gasteiger partial charge in [0.2, 0.25) is 0 Å². The second-order valence-corrected chi connectivity index (χ2v) is 7.24. The zero-order valence-corrected chi connectivity index (χ0v) is 12.9. The normalized spacial score (nSPS) is 22.0. The van der Waals surface area contributed by atoms with E-state index in [0.717, 1.165) is 50.9 Å². The van der Waals surface area contributed by atoms with Crippen LogP contribution in [0.15, 0.2) is 29.2 Å². The molecule has 0 radical (unpaired) electrons. The molecule has 1 atom stereocenters. The van der Waals surface area contributed by atoms with E-state index in [1.165, 1.54) is 12.1 Å². The predicted octanol–water partition coefficient (Wildman–Crippen LogP) is 2.94. The van der Waals surface area contributed by atoms with Crippen LogP contribution in [0.2, 0.25) is 0 Å². The highest BCUT2D eigenvalue weighted by Crippen LogP contribution is 2.37. The zero-order chi connectivity index (χ0) is 15.7. The topological polar surface area (TPSA) is 38.3 Å². The van der Waals surface area contributed by atoms with E-state index in [1.807, 2.05) is 4.31 Å². The van der Waals surface area contributed by atoms with E-state index >= 15 is 0 Å². The van der Waals surface area contributed by atoms with Crippen molar-refractivity contribution in [1.82, 2.24) is 9.62 Å². The first-order valence-electron chi connectivity index (χ1n) is 7.55. The zero-order valence-electron chi connectivity index (χ0n) is 12.1. The second-order valence-electron chi connectivity index (χ2n) is 5.85. The van der Waals surface area contributed by atoms with E-state index in [0.29, 0.717) is 0 Å². The van der Waals surface area contributed by atoms with Crippen molar-refractivity contribution in [2.75, 3.05) is 13.1 Å². The molecule has 0 bridgehead atoms. The maximum absolute atomic E-state index is 12.9. The van der Waals surface area contributed by atoms with E-state index in [2.05, 4.69) is 5.32 Å². The van der Waals surface area contributed by atoms with Gasteiger partial charge < -0.3 is 9.87 Å². The van der Waals surface area contributed by atoms with Crippen LogP contribution in [0.1, 0.15) is 31.2 Å². The van der Waals surface area contributed by atoms with Crippen LogP contribution in [-0.4, -0.2) is 34.0 Å². The molecule has 1 aromatic carbocycles. The predicted molar refractivity (Wildman–Crippen MR) is 78.6 cm³/mol. The van der Waals surface area contributed by atoms with Crippen molar-refractivity contribution in [3.05, 3.63) is 29.8 Å². The Morgan fingerprint density at radius 3 is 2.32 bits per heavy atom. The minimum Gasteiger partial charge on any atom is -0.593 e. The largest absolute Gasteiger partial charge is 0.593 e. The van der Waals surface area contributed by atoms with Crippen molar-refractivity contribution in [1.29, 1.82) is 0 Å². The number of benzene rings is 1. The van der Waals surface area contributed by atoms with E-state index in [-0.39, 0.29) is 17.0 Å². The summed E-state index contributed by atoms with van der Waals surface area (Å²) in [6.07, 6.45) is -0.662. The number of alkyl halides is 3. The van der Waals surface area contributed by atoms with Gasteiger partial charge in [-0.2, -0.15) is 13.2 Å². The van der Waals surface area contributed by atoms with Gasteiger partial charge in [0.25, 0.3) is 0 Å². The van der Waals surface area contributed by atoms with E-state index in [9.17, 15) is 17.7 Å². The SMILES string of the molecule is [O-][S+](c1cccc(C(F)(F)F)c1)N(C1CCNCC1)C1CC1. The first kappa shape index (κ1) is 16.1. The number of nitrogens with zero attached hydrogens (tertiary/aromatic N) is 1. The lowest BCUT2D eigenvalue weighted by molar-refractivity contribution is -0.137. The summed E-state index contributed by atoms with van der Waals surface area (Å²) >= 11 is -1.53. The molecular formula is C15H19F3N2OS. The Morgan fingerprint density at radius 2 is 1.73 bits per heavy atom. The number of nitrogens with one attached hydrogen (secondary N) is 1. The lowest BCUT2D eigenvalue weighted by Gasteiger charge is -2.34. The van der Waals surface area contributed by atoms with Crippen LogP contribution in [-0.2, 0) is 17.5 Å². The molecule has 0 aromatic heterocycles. The van der Waals surface area contributed by atoms with Crippen LogP contribution >= 0.6 is 0 Å². The lowest BCUT2D eigenvalue weighted by atomic mass is 10.1. The standard InChI is InChI=1S/C15H19F3N2OS/c16-15(17,18)11-2-1-3-14(10-11)22(21)20(12-4-5-12)13-6-8-19-9-7-13/h1-3,10,12-13,19H,4-9H2. The van der Waals surface area contributed by atoms with Crippen molar-refractivity contribution in [3.8, 4) is 0 Å². The molecule has 1 heterocycles. The molecule has 1 aromatic rings. The van der Waals surface area contributed by atoms with Crippen molar-refractivity contribution in [2.24, 2.45) is 0 Å². The first-order valence-corrected chi connectivity index (χ1v) is 8.65. The maximum atomic E-state index is 12.9. The molecule has 1 aliphatic heterocycles. The van der Waals surface area contributed by atoms with Crippen molar-refractivity contribution < 1.29 is 17.7 Å². The number of piperidine rings is 1. The number of hydrogen-bond acceptors (Lipinski definition) is 3. The minimum atomic E-state index is -4.40. The molecule has 1 saturated carbocycles. The summed E-state index contributed by atoms with van der Waals surface area (Å²) in [4.78, 5) is 0.250. The Balaban J connectivity index is 1.82. The molecule has 3 rings (SSSR count). The average Bonchev–Trinajstić information content (AvgIpc) is 3.32. The molecule has 3 nitrogen and oxygen atoms in total. The summed E-state index contributed by atoms with van der Waals surface area (Å²) in [5.41, 5.74) is -0.737. The van der Waals surface area contributed by atoms with Crippen molar-refractivity contribution in [2.45, 2.75) is 48.8 Å². The molecule has 7 heteroatoms. The first-order chi connectivity index (χ1) is 10.5. The van der Waals surface area contributed by atoms with Gasteiger partial charge in [-0.15, -0.1) is 4.31 Å². The highest BCUT2D eigenvalue weighted by Gasteiger charge is 2.43. The fourth-order valence-corrected chi connectivity index (χ4v) is 4.49. The smallest absolute Gasteiger partial charge is 0.416 e. The molecule has 122 valence electrons. The van der Waals surface area contributed by atoms with Gasteiger partial charge in [0, 0.05) is 6.07 Å². The molecule has 2 aliphatic rings. The van der Waals surface area contributed by atoms with Gasteiger partial charge in [-0.25, -0.2) is 0 Å². The van der Waals surface area contributed by atoms with Gasteiger partial charge in [-0.3, -0.25) is 0 Å². The molecular weight excluding hydrogens is 313 g/mol. The fourth-order valence-electron chi connectivity index (χ4n) is 2.86. The number of hydrogen-bond donors (Lipinski definition) is 1. The number of halogens is 3. The summed E-state index contributed by atoms with van der Waals surface area (Å²) in [6.45, 7) is 1.74. The molecule has 0 spiro atoms.